The predicted molar refractivity (Wildman–Crippen MR) is 202 cm³/mol. The lowest BCUT2D eigenvalue weighted by Crippen LogP contribution is -2.67. The van der Waals surface area contributed by atoms with Crippen molar-refractivity contribution in [1.29, 1.82) is 0 Å². The molecule has 1 amide bonds. The van der Waals surface area contributed by atoms with Gasteiger partial charge in [-0.2, -0.15) is 0 Å². The molecule has 1 N–H and O–H groups in total. The van der Waals surface area contributed by atoms with Crippen molar-refractivity contribution in [3.05, 3.63) is 109 Å². The van der Waals surface area contributed by atoms with E-state index in [1.165, 1.54) is 6.33 Å². The largest absolute Gasteiger partial charge is 0.405 e. The maximum atomic E-state index is 14.0. The zero-order chi connectivity index (χ0) is 37.2. The number of ether oxygens (including phenoxy) is 3. The number of nitrogens with zero attached hydrogens (tertiary/aromatic N) is 4. The Morgan fingerprint density at radius 2 is 1.42 bits per heavy atom. The van der Waals surface area contributed by atoms with Gasteiger partial charge in [-0.05, 0) is 41.4 Å². The predicted octanol–water partition coefficient (Wildman–Crippen LogP) is 5.89. The molecule has 5 aromatic rings. The fraction of sp³-hybridized carbons (Fsp3) is 0.368. The molecule has 0 saturated carbocycles. The molecular weight excluding hydrogens is 714 g/mol. The van der Waals surface area contributed by atoms with Gasteiger partial charge in [0.1, 0.15) is 24.6 Å². The molecule has 2 aliphatic rings. The molecule has 5 atom stereocenters. The highest BCUT2D eigenvalue weighted by Crippen LogP contribution is 2.59. The highest BCUT2D eigenvalue weighted by Gasteiger charge is 2.60. The average Bonchev–Trinajstić information content (AvgIpc) is 3.88. The summed E-state index contributed by atoms with van der Waals surface area (Å²) in [4.78, 5) is 26.5. The number of anilines is 1. The number of hydrogen-bond acceptors (Lipinski definition) is 11. The van der Waals surface area contributed by atoms with Gasteiger partial charge in [-0.3, -0.25) is 13.9 Å². The number of imidazole rings is 1. The molecule has 0 aliphatic carbocycles. The summed E-state index contributed by atoms with van der Waals surface area (Å²) in [5.41, 5.74) is 1.22. The van der Waals surface area contributed by atoms with Gasteiger partial charge in [0.2, 0.25) is 0 Å². The topological polar surface area (TPSA) is 145 Å². The van der Waals surface area contributed by atoms with Crippen molar-refractivity contribution in [2.24, 2.45) is 0 Å². The number of rotatable bonds is 13. The molecule has 278 valence electrons. The summed E-state index contributed by atoms with van der Waals surface area (Å²) in [6.07, 6.45) is -0.112. The zero-order valence-electron chi connectivity index (χ0n) is 30.3. The second kappa shape index (κ2) is 15.3. The Kier molecular flexibility index (Phi) is 10.8. The summed E-state index contributed by atoms with van der Waals surface area (Å²) < 4.78 is 54.0. The first-order chi connectivity index (χ1) is 25.6. The zero-order valence-corrected chi connectivity index (χ0v) is 32.2. The van der Waals surface area contributed by atoms with E-state index in [0.717, 1.165) is 10.4 Å². The fourth-order valence-corrected chi connectivity index (χ4v) is 13.4. The summed E-state index contributed by atoms with van der Waals surface area (Å²) in [7, 11) is -6.84. The average molecular weight is 758 g/mol. The standard InChI is InChI=1S/C38H44N5O8PSi/c1-6-46-52(45,47-7-2)37-50-31-29(23-48-53(38(3,4)5,27-19-13-9-14-20-27)28-21-15-10-16-22-28)49-36(32(31)51-37)43-25-41-30-33(39-24-40-34(30)43)42-35(44)26-17-11-8-12-18-26/h8-22,24-25,29,31-32,36-37H,6-7,23H2,1-5H3,(H,39,40,42,44)/t29-,31-,32-,36-,37-/m1/s1. The summed E-state index contributed by atoms with van der Waals surface area (Å²) in [5.74, 6) is -0.0989. The molecule has 53 heavy (non-hydrogen) atoms. The van der Waals surface area contributed by atoms with Crippen LogP contribution in [-0.4, -0.2) is 77.9 Å². The van der Waals surface area contributed by atoms with Crippen LogP contribution in [0.25, 0.3) is 11.2 Å². The Balaban J connectivity index is 1.25. The number of amides is 1. The minimum absolute atomic E-state index is 0.134. The SMILES string of the molecule is CCOP(=O)(OCC)[C@H]1O[C@@H]2[C@H](O1)[C@@H](CO[Si](c1ccccc1)(c1ccccc1)C(C)(C)C)O[C@H]2n1cnc2c(NC(=O)c3ccccc3)ncnc21. The molecule has 0 bridgehead atoms. The van der Waals surface area contributed by atoms with Gasteiger partial charge in [0.15, 0.2) is 23.2 Å². The second-order valence-corrected chi connectivity index (χ2v) is 20.1. The quantitative estimate of drug-likeness (QED) is 0.113. The van der Waals surface area contributed by atoms with E-state index in [1.807, 2.05) is 42.5 Å². The van der Waals surface area contributed by atoms with Crippen LogP contribution in [0.3, 0.4) is 0 Å². The third kappa shape index (κ3) is 7.02. The number of fused-ring (bicyclic) bond motifs is 2. The molecule has 13 nitrogen and oxygen atoms in total. The molecular formula is C38H44N5O8PSi. The van der Waals surface area contributed by atoms with Crippen LogP contribution in [0.5, 0.6) is 0 Å². The Hall–Kier alpha value is -4.11. The van der Waals surface area contributed by atoms with Crippen LogP contribution in [0.2, 0.25) is 5.04 Å². The number of carbonyl (C=O) groups is 1. The molecule has 0 unspecified atom stereocenters. The van der Waals surface area contributed by atoms with E-state index in [1.54, 1.807) is 49.0 Å². The van der Waals surface area contributed by atoms with Crippen molar-refractivity contribution in [2.75, 3.05) is 25.1 Å². The van der Waals surface area contributed by atoms with Gasteiger partial charge >= 0.3 is 7.60 Å². The molecule has 7 rings (SSSR count). The van der Waals surface area contributed by atoms with Crippen LogP contribution < -0.4 is 15.7 Å². The molecule has 2 aromatic heterocycles. The van der Waals surface area contributed by atoms with Gasteiger partial charge in [-0.25, -0.2) is 15.0 Å². The molecule has 4 heterocycles. The Labute approximate surface area is 309 Å². The molecule has 3 aromatic carbocycles. The van der Waals surface area contributed by atoms with E-state index < -0.39 is 46.5 Å². The number of nitrogens with one attached hydrogen (secondary N) is 1. The number of hydrogen-bond donors (Lipinski definition) is 1. The van der Waals surface area contributed by atoms with Crippen molar-refractivity contribution in [1.82, 2.24) is 19.5 Å². The normalized spacial score (nSPS) is 21.9. The van der Waals surface area contributed by atoms with Gasteiger partial charge in [-0.15, -0.1) is 0 Å². The first-order valence-corrected chi connectivity index (χ1v) is 21.3. The van der Waals surface area contributed by atoms with Crippen molar-refractivity contribution < 1.29 is 37.0 Å². The van der Waals surface area contributed by atoms with Crippen LogP contribution in [-0.2, 0) is 32.2 Å². The van der Waals surface area contributed by atoms with Gasteiger partial charge < -0.3 is 33.0 Å². The summed E-state index contributed by atoms with van der Waals surface area (Å²) >= 11 is 0. The lowest BCUT2D eigenvalue weighted by atomic mass is 10.1. The first-order valence-electron chi connectivity index (χ1n) is 17.7. The van der Waals surface area contributed by atoms with Crippen LogP contribution in [0.15, 0.2) is 104 Å². The molecule has 15 heteroatoms. The van der Waals surface area contributed by atoms with Crippen LogP contribution in [0.1, 0.15) is 51.2 Å². The highest BCUT2D eigenvalue weighted by atomic mass is 31.2. The van der Waals surface area contributed by atoms with E-state index in [0.29, 0.717) is 16.7 Å². The third-order valence-corrected chi connectivity index (χ3v) is 16.5. The molecule has 2 fully saturated rings. The van der Waals surface area contributed by atoms with Crippen molar-refractivity contribution in [3.63, 3.8) is 0 Å². The first kappa shape index (κ1) is 37.2. The Morgan fingerprint density at radius 3 is 2.00 bits per heavy atom. The van der Waals surface area contributed by atoms with E-state index in [2.05, 4.69) is 65.3 Å². The molecule has 0 spiro atoms. The van der Waals surface area contributed by atoms with E-state index in [4.69, 9.17) is 27.7 Å². The minimum atomic E-state index is -3.86. The van der Waals surface area contributed by atoms with Gasteiger partial charge in [0.25, 0.3) is 20.3 Å². The second-order valence-electron chi connectivity index (χ2n) is 13.8. The van der Waals surface area contributed by atoms with Crippen LogP contribution >= 0.6 is 7.60 Å². The summed E-state index contributed by atoms with van der Waals surface area (Å²) in [6.45, 7) is 10.5. The maximum Gasteiger partial charge on any atom is 0.386 e. The molecule has 2 aliphatic heterocycles. The Morgan fingerprint density at radius 1 is 0.830 bits per heavy atom. The van der Waals surface area contributed by atoms with Crippen molar-refractivity contribution >= 4 is 49.2 Å². The van der Waals surface area contributed by atoms with E-state index in [-0.39, 0.29) is 36.6 Å². The molecule has 2 saturated heterocycles. The third-order valence-electron chi connectivity index (χ3n) is 9.49. The van der Waals surface area contributed by atoms with Gasteiger partial charge in [0.05, 0.1) is 26.1 Å². The monoisotopic (exact) mass is 757 g/mol. The Bertz CT molecular complexity index is 2020. The highest BCUT2D eigenvalue weighted by molar-refractivity contribution is 7.54. The minimum Gasteiger partial charge on any atom is -0.405 e. The van der Waals surface area contributed by atoms with Gasteiger partial charge in [0, 0.05) is 5.56 Å². The van der Waals surface area contributed by atoms with E-state index >= 15 is 0 Å². The summed E-state index contributed by atoms with van der Waals surface area (Å²) in [6, 6.07) is 28.2. The number of carbonyl (C=O) groups excluding carboxylic acids is 1. The van der Waals surface area contributed by atoms with Crippen LogP contribution in [0.4, 0.5) is 5.82 Å². The fourth-order valence-electron chi connectivity index (χ4n) is 7.21. The number of benzene rings is 3. The lowest BCUT2D eigenvalue weighted by Gasteiger charge is -2.43. The van der Waals surface area contributed by atoms with Crippen molar-refractivity contribution in [3.8, 4) is 0 Å². The maximum absolute atomic E-state index is 14.0. The van der Waals surface area contributed by atoms with E-state index in [9.17, 15) is 9.36 Å². The number of aromatic nitrogens is 4. The van der Waals surface area contributed by atoms with Crippen molar-refractivity contribution in [2.45, 2.75) is 70.2 Å². The van der Waals surface area contributed by atoms with Gasteiger partial charge in [-0.1, -0.05) is 99.6 Å². The smallest absolute Gasteiger partial charge is 0.386 e. The summed E-state index contributed by atoms with van der Waals surface area (Å²) in [5, 5.41) is 4.79. The van der Waals surface area contributed by atoms with Crippen LogP contribution in [0, 0.1) is 0 Å². The molecule has 0 radical (unpaired) electrons. The lowest BCUT2D eigenvalue weighted by molar-refractivity contribution is -0.128.